The Morgan fingerprint density at radius 1 is 0.370 bits per heavy atom. The number of aromatic nitrogens is 4. The second-order valence-electron chi connectivity index (χ2n) is 11.1. The molecule has 0 fully saturated rings. The minimum atomic E-state index is 0.627. The first-order valence-corrected chi connectivity index (χ1v) is 16.7. The first-order chi connectivity index (χ1) is 22.8. The summed E-state index contributed by atoms with van der Waals surface area (Å²) in [6.07, 6.45) is 0. The van der Waals surface area contributed by atoms with Gasteiger partial charge in [-0.2, -0.15) is 0 Å². The van der Waals surface area contributed by atoms with Crippen LogP contribution in [-0.2, 0) is 0 Å². The van der Waals surface area contributed by atoms with Gasteiger partial charge in [0.25, 0.3) is 0 Å². The molecule has 6 heteroatoms. The molecule has 0 N–H and O–H groups in total. The zero-order chi connectivity index (χ0) is 30.5. The van der Waals surface area contributed by atoms with Crippen molar-refractivity contribution < 1.29 is 0 Å². The second kappa shape index (κ2) is 11.1. The molecule has 0 amide bonds. The predicted molar refractivity (Wildman–Crippen MR) is 193 cm³/mol. The third kappa shape index (κ3) is 4.76. The molecule has 0 saturated heterocycles. The number of benzene rings is 6. The number of fused-ring (bicyclic) bond motifs is 4. The maximum absolute atomic E-state index is 5.11. The van der Waals surface area contributed by atoms with Gasteiger partial charge in [0.1, 0.15) is 5.01 Å². The molecule has 4 nitrogen and oxygen atoms in total. The van der Waals surface area contributed by atoms with E-state index in [1.165, 1.54) is 31.3 Å². The van der Waals surface area contributed by atoms with Gasteiger partial charge in [0, 0.05) is 42.4 Å². The van der Waals surface area contributed by atoms with Gasteiger partial charge in [0.15, 0.2) is 17.5 Å². The standard InChI is InChI=1S/C40H24N4S2/c1-3-11-25(12-4-1)37-42-38(26-13-5-2-6-14-26)44-39(43-37)28-21-22-35-33(24-28)41-40(46-35)29-16-9-15-27(23-29)30-18-10-19-32-31-17-7-8-20-34(31)45-36(30)32/h1-24H. The summed E-state index contributed by atoms with van der Waals surface area (Å²) in [5, 5.41) is 3.61. The molecule has 0 spiro atoms. The van der Waals surface area contributed by atoms with Crippen LogP contribution < -0.4 is 0 Å². The minimum Gasteiger partial charge on any atom is -0.236 e. The summed E-state index contributed by atoms with van der Waals surface area (Å²) in [6.45, 7) is 0. The summed E-state index contributed by atoms with van der Waals surface area (Å²) < 4.78 is 3.75. The van der Waals surface area contributed by atoms with E-state index in [9.17, 15) is 0 Å². The molecule has 9 aromatic rings. The lowest BCUT2D eigenvalue weighted by molar-refractivity contribution is 1.07. The number of hydrogen-bond acceptors (Lipinski definition) is 6. The number of hydrogen-bond donors (Lipinski definition) is 0. The minimum absolute atomic E-state index is 0.627. The van der Waals surface area contributed by atoms with Crippen LogP contribution in [0.15, 0.2) is 146 Å². The van der Waals surface area contributed by atoms with Gasteiger partial charge in [0.05, 0.1) is 10.2 Å². The molecule has 0 aliphatic heterocycles. The average molecular weight is 625 g/mol. The van der Waals surface area contributed by atoms with Crippen LogP contribution in [0.3, 0.4) is 0 Å². The molecule has 0 bridgehead atoms. The Balaban J connectivity index is 1.12. The van der Waals surface area contributed by atoms with Crippen LogP contribution in [-0.4, -0.2) is 19.9 Å². The van der Waals surface area contributed by atoms with E-state index in [1.807, 2.05) is 72.0 Å². The summed E-state index contributed by atoms with van der Waals surface area (Å²) >= 11 is 3.56. The topological polar surface area (TPSA) is 51.6 Å². The van der Waals surface area contributed by atoms with E-state index in [4.69, 9.17) is 19.9 Å². The Kier molecular flexibility index (Phi) is 6.47. The Bertz CT molecular complexity index is 2480. The van der Waals surface area contributed by atoms with E-state index in [-0.39, 0.29) is 0 Å². The fraction of sp³-hybridized carbons (Fsp3) is 0. The molecule has 0 saturated carbocycles. The summed E-state index contributed by atoms with van der Waals surface area (Å²) in [5.41, 5.74) is 7.29. The molecule has 3 heterocycles. The third-order valence-electron chi connectivity index (χ3n) is 8.17. The zero-order valence-corrected chi connectivity index (χ0v) is 26.1. The molecule has 9 rings (SSSR count). The van der Waals surface area contributed by atoms with Crippen LogP contribution in [0.25, 0.3) is 86.3 Å². The zero-order valence-electron chi connectivity index (χ0n) is 24.5. The summed E-state index contributed by atoms with van der Waals surface area (Å²) in [7, 11) is 0. The molecular formula is C40H24N4S2. The highest BCUT2D eigenvalue weighted by Crippen LogP contribution is 2.41. The fourth-order valence-electron chi connectivity index (χ4n) is 5.92. The molecule has 3 aromatic heterocycles. The van der Waals surface area contributed by atoms with Gasteiger partial charge < -0.3 is 0 Å². The van der Waals surface area contributed by atoms with Crippen molar-refractivity contribution in [3.63, 3.8) is 0 Å². The van der Waals surface area contributed by atoms with Crippen molar-refractivity contribution in [2.75, 3.05) is 0 Å². The molecule has 0 aliphatic carbocycles. The van der Waals surface area contributed by atoms with Gasteiger partial charge in [-0.05, 0) is 41.5 Å². The van der Waals surface area contributed by atoms with Gasteiger partial charge >= 0.3 is 0 Å². The van der Waals surface area contributed by atoms with E-state index in [0.29, 0.717) is 17.5 Å². The molecular weight excluding hydrogens is 601 g/mol. The quantitative estimate of drug-likeness (QED) is 0.191. The first-order valence-electron chi connectivity index (χ1n) is 15.1. The highest BCUT2D eigenvalue weighted by Gasteiger charge is 2.15. The van der Waals surface area contributed by atoms with Crippen molar-refractivity contribution in [2.24, 2.45) is 0 Å². The lowest BCUT2D eigenvalue weighted by Crippen LogP contribution is -2.00. The van der Waals surface area contributed by atoms with E-state index in [2.05, 4.69) is 84.9 Å². The van der Waals surface area contributed by atoms with Crippen LogP contribution in [0.1, 0.15) is 0 Å². The molecule has 0 atom stereocenters. The molecule has 0 unspecified atom stereocenters. The van der Waals surface area contributed by atoms with Crippen molar-refractivity contribution in [1.29, 1.82) is 0 Å². The lowest BCUT2D eigenvalue weighted by Gasteiger charge is -2.08. The van der Waals surface area contributed by atoms with Gasteiger partial charge in [-0.25, -0.2) is 19.9 Å². The molecule has 46 heavy (non-hydrogen) atoms. The van der Waals surface area contributed by atoms with Crippen molar-refractivity contribution >= 4 is 53.1 Å². The van der Waals surface area contributed by atoms with E-state index in [1.54, 1.807) is 11.3 Å². The van der Waals surface area contributed by atoms with Crippen molar-refractivity contribution in [1.82, 2.24) is 19.9 Å². The Hall–Kier alpha value is -5.56. The third-order valence-corrected chi connectivity index (χ3v) is 10.5. The predicted octanol–water partition coefficient (Wildman–Crippen LogP) is 11.2. The van der Waals surface area contributed by atoms with Gasteiger partial charge in [-0.3, -0.25) is 0 Å². The van der Waals surface area contributed by atoms with Gasteiger partial charge in [-0.1, -0.05) is 115 Å². The van der Waals surface area contributed by atoms with Crippen LogP contribution >= 0.6 is 22.7 Å². The second-order valence-corrected chi connectivity index (χ2v) is 13.2. The van der Waals surface area contributed by atoms with Crippen LogP contribution in [0.2, 0.25) is 0 Å². The molecule has 0 aliphatic rings. The highest BCUT2D eigenvalue weighted by molar-refractivity contribution is 7.26. The molecule has 6 aromatic carbocycles. The monoisotopic (exact) mass is 624 g/mol. The van der Waals surface area contributed by atoms with Crippen LogP contribution in [0.5, 0.6) is 0 Å². The number of nitrogens with zero attached hydrogens (tertiary/aromatic N) is 4. The maximum Gasteiger partial charge on any atom is 0.164 e. The van der Waals surface area contributed by atoms with E-state index in [0.717, 1.165) is 37.5 Å². The van der Waals surface area contributed by atoms with Crippen molar-refractivity contribution in [3.8, 4) is 55.9 Å². The maximum atomic E-state index is 5.11. The van der Waals surface area contributed by atoms with E-state index >= 15 is 0 Å². The first kappa shape index (κ1) is 26.8. The number of thiophene rings is 1. The smallest absolute Gasteiger partial charge is 0.164 e. The van der Waals surface area contributed by atoms with Crippen molar-refractivity contribution in [3.05, 3.63) is 146 Å². The molecule has 216 valence electrons. The normalized spacial score (nSPS) is 11.5. The number of thiazole rings is 1. The Labute approximate surface area is 273 Å². The average Bonchev–Trinajstić information content (AvgIpc) is 3.74. The Morgan fingerprint density at radius 2 is 0.978 bits per heavy atom. The van der Waals surface area contributed by atoms with Crippen molar-refractivity contribution in [2.45, 2.75) is 0 Å². The Morgan fingerprint density at radius 3 is 1.74 bits per heavy atom. The van der Waals surface area contributed by atoms with E-state index < -0.39 is 0 Å². The molecule has 0 radical (unpaired) electrons. The SMILES string of the molecule is c1ccc(-c2nc(-c3ccccc3)nc(-c3ccc4sc(-c5cccc(-c6cccc7c6sc6ccccc67)c5)nc4c3)n2)cc1. The van der Waals surface area contributed by atoms with Gasteiger partial charge in [0.2, 0.25) is 0 Å². The number of rotatable bonds is 5. The van der Waals surface area contributed by atoms with Crippen LogP contribution in [0.4, 0.5) is 0 Å². The lowest BCUT2D eigenvalue weighted by atomic mass is 10.0. The summed E-state index contributed by atoms with van der Waals surface area (Å²) in [4.78, 5) is 19.8. The summed E-state index contributed by atoms with van der Waals surface area (Å²) in [6, 6.07) is 50.4. The fourth-order valence-corrected chi connectivity index (χ4v) is 8.10. The summed E-state index contributed by atoms with van der Waals surface area (Å²) in [5.74, 6) is 1.92. The highest BCUT2D eigenvalue weighted by atomic mass is 32.1. The van der Waals surface area contributed by atoms with Crippen LogP contribution in [0, 0.1) is 0 Å². The largest absolute Gasteiger partial charge is 0.236 e. The van der Waals surface area contributed by atoms with Gasteiger partial charge in [-0.15, -0.1) is 22.7 Å².